The van der Waals surface area contributed by atoms with E-state index in [1.807, 2.05) is 20.8 Å². The molecule has 1 saturated heterocycles. The van der Waals surface area contributed by atoms with E-state index in [9.17, 15) is 4.79 Å². The maximum absolute atomic E-state index is 11.6. The molecule has 1 aliphatic heterocycles. The summed E-state index contributed by atoms with van der Waals surface area (Å²) >= 11 is 0. The van der Waals surface area contributed by atoms with E-state index in [4.69, 9.17) is 4.74 Å². The number of nitrogens with zero attached hydrogens (tertiary/aromatic N) is 1. The minimum Gasteiger partial charge on any atom is -0.460 e. The molecule has 0 aromatic heterocycles. The van der Waals surface area contributed by atoms with Gasteiger partial charge in [0.1, 0.15) is 5.60 Å². The van der Waals surface area contributed by atoms with E-state index in [0.717, 1.165) is 18.5 Å². The van der Waals surface area contributed by atoms with Crippen molar-refractivity contribution >= 4 is 5.97 Å². The highest BCUT2D eigenvalue weighted by atomic mass is 16.6. The third-order valence-corrected chi connectivity index (χ3v) is 3.55. The molecule has 0 amide bonds. The molecule has 2 fully saturated rings. The molecule has 0 radical (unpaired) electrons. The normalized spacial score (nSPS) is 29.7. The molecule has 2 unspecified atom stereocenters. The lowest BCUT2D eigenvalue weighted by molar-refractivity contribution is -0.155. The molecular formula is C13H23NO2. The number of carbonyl (C=O) groups excluding carboxylic acids is 1. The van der Waals surface area contributed by atoms with Gasteiger partial charge in [0.2, 0.25) is 0 Å². The fraction of sp³-hybridized carbons (Fsp3) is 0.923. The first kappa shape index (κ1) is 11.9. The minimum atomic E-state index is -0.346. The molecule has 0 spiro atoms. The Hall–Kier alpha value is -0.570. The van der Waals surface area contributed by atoms with Crippen molar-refractivity contribution in [3.05, 3.63) is 0 Å². The van der Waals surface area contributed by atoms with Crippen molar-refractivity contribution in [1.82, 2.24) is 4.90 Å². The van der Waals surface area contributed by atoms with Gasteiger partial charge in [-0.25, -0.2) is 0 Å². The maximum atomic E-state index is 11.6. The number of fused-ring (bicyclic) bond motifs is 2. The van der Waals surface area contributed by atoms with Crippen LogP contribution in [0, 0.1) is 5.92 Å². The topological polar surface area (TPSA) is 29.5 Å². The Kier molecular flexibility index (Phi) is 3.24. The second-order valence-electron chi connectivity index (χ2n) is 6.16. The van der Waals surface area contributed by atoms with Crippen LogP contribution in [0.25, 0.3) is 0 Å². The summed E-state index contributed by atoms with van der Waals surface area (Å²) < 4.78 is 5.31. The van der Waals surface area contributed by atoms with Crippen LogP contribution in [0.1, 0.15) is 46.5 Å². The number of likely N-dealkylation sites (tertiary alicyclic amines) is 1. The summed E-state index contributed by atoms with van der Waals surface area (Å²) in [7, 11) is 0. The molecule has 0 aromatic carbocycles. The van der Waals surface area contributed by atoms with E-state index in [1.54, 1.807) is 0 Å². The quantitative estimate of drug-likeness (QED) is 0.690. The van der Waals surface area contributed by atoms with Crippen molar-refractivity contribution in [2.75, 3.05) is 13.1 Å². The Morgan fingerprint density at radius 3 is 2.62 bits per heavy atom. The second-order valence-corrected chi connectivity index (χ2v) is 6.16. The summed E-state index contributed by atoms with van der Waals surface area (Å²) in [5.41, 5.74) is -0.346. The molecule has 0 aromatic rings. The maximum Gasteiger partial charge on any atom is 0.307 e. The fourth-order valence-electron chi connectivity index (χ4n) is 2.93. The molecule has 16 heavy (non-hydrogen) atoms. The van der Waals surface area contributed by atoms with Gasteiger partial charge in [-0.3, -0.25) is 9.69 Å². The first-order valence-corrected chi connectivity index (χ1v) is 6.40. The highest BCUT2D eigenvalue weighted by molar-refractivity contribution is 5.70. The molecule has 1 saturated carbocycles. The van der Waals surface area contributed by atoms with Gasteiger partial charge in [0.25, 0.3) is 0 Å². The Labute approximate surface area is 98.1 Å². The summed E-state index contributed by atoms with van der Waals surface area (Å²) in [5.74, 6) is 0.846. The first-order chi connectivity index (χ1) is 7.44. The van der Waals surface area contributed by atoms with Gasteiger partial charge in [0.15, 0.2) is 0 Å². The first-order valence-electron chi connectivity index (χ1n) is 6.40. The van der Waals surface area contributed by atoms with Gasteiger partial charge < -0.3 is 4.74 Å². The third-order valence-electron chi connectivity index (χ3n) is 3.55. The van der Waals surface area contributed by atoms with Crippen LogP contribution in [0.2, 0.25) is 0 Å². The van der Waals surface area contributed by atoms with Gasteiger partial charge in [-0.2, -0.15) is 0 Å². The SMILES string of the molecule is CC(C)(C)OC(=O)CCN1CC2CCC1C2. The van der Waals surface area contributed by atoms with Gasteiger partial charge in [0.05, 0.1) is 6.42 Å². The molecule has 2 bridgehead atoms. The minimum absolute atomic E-state index is 0.0599. The summed E-state index contributed by atoms with van der Waals surface area (Å²) in [6, 6.07) is 0.757. The lowest BCUT2D eigenvalue weighted by Gasteiger charge is -2.27. The highest BCUT2D eigenvalue weighted by Gasteiger charge is 2.37. The van der Waals surface area contributed by atoms with Crippen LogP contribution in [0.15, 0.2) is 0 Å². The Morgan fingerprint density at radius 1 is 1.38 bits per heavy atom. The van der Waals surface area contributed by atoms with Gasteiger partial charge in [0, 0.05) is 19.1 Å². The predicted molar refractivity (Wildman–Crippen MR) is 63.2 cm³/mol. The van der Waals surface area contributed by atoms with Crippen LogP contribution >= 0.6 is 0 Å². The fourth-order valence-corrected chi connectivity index (χ4v) is 2.93. The van der Waals surface area contributed by atoms with Crippen LogP contribution < -0.4 is 0 Å². The molecular weight excluding hydrogens is 202 g/mol. The van der Waals surface area contributed by atoms with Crippen molar-refractivity contribution in [2.45, 2.75) is 58.1 Å². The molecule has 2 atom stereocenters. The zero-order chi connectivity index (χ0) is 11.8. The third kappa shape index (κ3) is 2.97. The van der Waals surface area contributed by atoms with Crippen LogP contribution in [0.4, 0.5) is 0 Å². The number of hydrogen-bond donors (Lipinski definition) is 0. The van der Waals surface area contributed by atoms with Crippen molar-refractivity contribution in [1.29, 1.82) is 0 Å². The van der Waals surface area contributed by atoms with E-state index in [-0.39, 0.29) is 11.6 Å². The lowest BCUT2D eigenvalue weighted by Crippen LogP contribution is -2.35. The molecule has 0 N–H and O–H groups in total. The second kappa shape index (κ2) is 4.36. The number of hydrogen-bond acceptors (Lipinski definition) is 3. The van der Waals surface area contributed by atoms with Gasteiger partial charge in [-0.1, -0.05) is 0 Å². The molecule has 92 valence electrons. The molecule has 3 nitrogen and oxygen atoms in total. The van der Waals surface area contributed by atoms with E-state index in [1.165, 1.54) is 25.8 Å². The molecule has 1 aliphatic carbocycles. The van der Waals surface area contributed by atoms with E-state index >= 15 is 0 Å². The molecule has 2 aliphatic rings. The number of ether oxygens (including phenoxy) is 1. The number of carbonyl (C=O) groups is 1. The van der Waals surface area contributed by atoms with Crippen LogP contribution in [-0.4, -0.2) is 35.6 Å². The Balaban J connectivity index is 1.70. The number of piperidine rings is 1. The summed E-state index contributed by atoms with van der Waals surface area (Å²) in [4.78, 5) is 14.0. The van der Waals surface area contributed by atoms with Crippen molar-refractivity contribution in [3.8, 4) is 0 Å². The summed E-state index contributed by atoms with van der Waals surface area (Å²) in [5, 5.41) is 0. The van der Waals surface area contributed by atoms with Crippen molar-refractivity contribution < 1.29 is 9.53 Å². The smallest absolute Gasteiger partial charge is 0.307 e. The average molecular weight is 225 g/mol. The standard InChI is InChI=1S/C13H23NO2/c1-13(2,3)16-12(15)6-7-14-9-10-4-5-11(14)8-10/h10-11H,4-9H2,1-3H3. The van der Waals surface area contributed by atoms with Gasteiger partial charge in [-0.15, -0.1) is 0 Å². The number of esters is 1. The Bertz CT molecular complexity index is 270. The molecule has 2 rings (SSSR count). The zero-order valence-corrected chi connectivity index (χ0v) is 10.7. The van der Waals surface area contributed by atoms with Crippen LogP contribution in [-0.2, 0) is 9.53 Å². The Morgan fingerprint density at radius 2 is 2.12 bits per heavy atom. The number of rotatable bonds is 3. The average Bonchev–Trinajstić information content (AvgIpc) is 2.72. The van der Waals surface area contributed by atoms with Crippen LogP contribution in [0.3, 0.4) is 0 Å². The zero-order valence-electron chi connectivity index (χ0n) is 10.7. The van der Waals surface area contributed by atoms with Gasteiger partial charge in [-0.05, 0) is 46.0 Å². The predicted octanol–water partition coefficient (Wildman–Crippen LogP) is 2.20. The highest BCUT2D eigenvalue weighted by Crippen LogP contribution is 2.37. The van der Waals surface area contributed by atoms with E-state index in [0.29, 0.717) is 6.42 Å². The van der Waals surface area contributed by atoms with Gasteiger partial charge >= 0.3 is 5.97 Å². The monoisotopic (exact) mass is 225 g/mol. The largest absolute Gasteiger partial charge is 0.460 e. The molecule has 1 heterocycles. The van der Waals surface area contributed by atoms with E-state index in [2.05, 4.69) is 4.90 Å². The summed E-state index contributed by atoms with van der Waals surface area (Å²) in [6.45, 7) is 7.84. The van der Waals surface area contributed by atoms with Crippen molar-refractivity contribution in [2.24, 2.45) is 5.92 Å². The van der Waals surface area contributed by atoms with Crippen molar-refractivity contribution in [3.63, 3.8) is 0 Å². The lowest BCUT2D eigenvalue weighted by atomic mass is 10.1. The summed E-state index contributed by atoms with van der Waals surface area (Å²) in [6.07, 6.45) is 4.63. The van der Waals surface area contributed by atoms with E-state index < -0.39 is 0 Å². The van der Waals surface area contributed by atoms with Crippen LogP contribution in [0.5, 0.6) is 0 Å². The molecule has 3 heteroatoms.